The molecule has 0 aromatic heterocycles. The molecule has 1 aromatic rings. The third-order valence-electron chi connectivity index (χ3n) is 2.90. The minimum atomic E-state index is -3.53. The average Bonchev–Trinajstić information content (AvgIpc) is 2.37. The highest BCUT2D eigenvalue weighted by atomic mass is 35.5. The van der Waals surface area contributed by atoms with Crippen molar-refractivity contribution >= 4 is 21.6 Å². The molecule has 0 radical (unpaired) electrons. The van der Waals surface area contributed by atoms with Crippen LogP contribution in [0.3, 0.4) is 0 Å². The predicted octanol–water partition coefficient (Wildman–Crippen LogP) is 2.42. The fourth-order valence-corrected chi connectivity index (χ4v) is 3.30. The summed E-state index contributed by atoms with van der Waals surface area (Å²) in [5.41, 5.74) is 0. The van der Waals surface area contributed by atoms with Crippen molar-refractivity contribution in [2.45, 2.75) is 31.1 Å². The first-order chi connectivity index (χ1) is 8.99. The number of aliphatic hydroxyl groups excluding tert-OH is 1. The van der Waals surface area contributed by atoms with E-state index in [9.17, 15) is 8.42 Å². The summed E-state index contributed by atoms with van der Waals surface area (Å²) in [5, 5.41) is 9.34. The zero-order chi connectivity index (χ0) is 14.3. The van der Waals surface area contributed by atoms with Gasteiger partial charge in [-0.3, -0.25) is 0 Å². The van der Waals surface area contributed by atoms with Crippen LogP contribution in [0, 0.1) is 5.92 Å². The number of rotatable bonds is 8. The zero-order valence-corrected chi connectivity index (χ0v) is 12.5. The molecule has 4 nitrogen and oxygen atoms in total. The predicted molar refractivity (Wildman–Crippen MR) is 76.7 cm³/mol. The Labute approximate surface area is 119 Å². The van der Waals surface area contributed by atoms with Gasteiger partial charge in [0.25, 0.3) is 0 Å². The molecule has 0 fully saturated rings. The fourth-order valence-electron chi connectivity index (χ4n) is 1.88. The lowest BCUT2D eigenvalue weighted by atomic mass is 10.0. The van der Waals surface area contributed by atoms with E-state index >= 15 is 0 Å². The van der Waals surface area contributed by atoms with E-state index in [0.29, 0.717) is 18.0 Å². The van der Waals surface area contributed by atoms with Crippen molar-refractivity contribution in [3.8, 4) is 0 Å². The lowest BCUT2D eigenvalue weighted by molar-refractivity contribution is 0.251. The van der Waals surface area contributed by atoms with Crippen molar-refractivity contribution in [3.05, 3.63) is 29.3 Å². The second kappa shape index (κ2) is 7.85. The molecule has 0 aliphatic rings. The van der Waals surface area contributed by atoms with Crippen LogP contribution < -0.4 is 4.72 Å². The molecular formula is C13H20ClNO3S. The van der Waals surface area contributed by atoms with Gasteiger partial charge in [0.2, 0.25) is 10.0 Å². The van der Waals surface area contributed by atoms with E-state index in [1.165, 1.54) is 12.1 Å². The van der Waals surface area contributed by atoms with Gasteiger partial charge < -0.3 is 5.11 Å². The minimum absolute atomic E-state index is 0.0730. The van der Waals surface area contributed by atoms with Gasteiger partial charge >= 0.3 is 0 Å². The Hall–Kier alpha value is -0.620. The smallest absolute Gasteiger partial charge is 0.240 e. The zero-order valence-electron chi connectivity index (χ0n) is 11.0. The molecule has 0 spiro atoms. The molecule has 0 aliphatic heterocycles. The molecule has 0 bridgehead atoms. The van der Waals surface area contributed by atoms with E-state index in [1.54, 1.807) is 12.1 Å². The topological polar surface area (TPSA) is 66.4 Å². The monoisotopic (exact) mass is 305 g/mol. The first-order valence-electron chi connectivity index (χ1n) is 6.35. The van der Waals surface area contributed by atoms with Crippen molar-refractivity contribution in [1.82, 2.24) is 4.72 Å². The van der Waals surface area contributed by atoms with Gasteiger partial charge in [-0.25, -0.2) is 13.1 Å². The summed E-state index contributed by atoms with van der Waals surface area (Å²) in [6.45, 7) is 2.45. The summed E-state index contributed by atoms with van der Waals surface area (Å²) >= 11 is 5.79. The van der Waals surface area contributed by atoms with Crippen molar-refractivity contribution in [3.63, 3.8) is 0 Å². The first kappa shape index (κ1) is 16.4. The molecule has 0 saturated carbocycles. The van der Waals surface area contributed by atoms with Crippen molar-refractivity contribution in [1.29, 1.82) is 0 Å². The summed E-state index contributed by atoms with van der Waals surface area (Å²) in [6.07, 6.45) is 2.45. The van der Waals surface area contributed by atoms with Gasteiger partial charge in [-0.2, -0.15) is 0 Å². The molecule has 0 heterocycles. The van der Waals surface area contributed by atoms with E-state index in [4.69, 9.17) is 16.7 Å². The lowest BCUT2D eigenvalue weighted by Crippen LogP contribution is -2.29. The van der Waals surface area contributed by atoms with Crippen LogP contribution in [0.1, 0.15) is 26.2 Å². The number of nitrogens with one attached hydrogen (secondary N) is 1. The Bertz CT molecular complexity index is 484. The molecule has 19 heavy (non-hydrogen) atoms. The third-order valence-corrected chi connectivity index (χ3v) is 4.56. The van der Waals surface area contributed by atoms with Crippen molar-refractivity contribution in [2.75, 3.05) is 13.2 Å². The van der Waals surface area contributed by atoms with Crippen LogP contribution >= 0.6 is 11.6 Å². The van der Waals surface area contributed by atoms with Crippen LogP contribution in [0.25, 0.3) is 0 Å². The average molecular weight is 306 g/mol. The van der Waals surface area contributed by atoms with Gasteiger partial charge in [0, 0.05) is 18.2 Å². The third kappa shape index (κ3) is 5.48. The van der Waals surface area contributed by atoms with Crippen LogP contribution in [-0.4, -0.2) is 26.7 Å². The van der Waals surface area contributed by atoms with Crippen LogP contribution in [0.4, 0.5) is 0 Å². The number of benzene rings is 1. The van der Waals surface area contributed by atoms with Gasteiger partial charge in [0.1, 0.15) is 0 Å². The number of sulfonamides is 1. The standard InChI is InChI=1S/C13H20ClNO3S/c1-2-4-11(7-8-16)10-15-19(17,18)13-6-3-5-12(14)9-13/h3,5-6,9,11,15-16H,2,4,7-8,10H2,1H3. The second-order valence-electron chi connectivity index (χ2n) is 4.48. The van der Waals surface area contributed by atoms with Crippen molar-refractivity contribution < 1.29 is 13.5 Å². The number of aliphatic hydroxyl groups is 1. The molecule has 1 rings (SSSR count). The van der Waals surface area contributed by atoms with E-state index in [2.05, 4.69) is 4.72 Å². The highest BCUT2D eigenvalue weighted by Crippen LogP contribution is 2.16. The molecule has 1 aromatic carbocycles. The number of hydrogen-bond donors (Lipinski definition) is 2. The van der Waals surface area contributed by atoms with Gasteiger partial charge in [0.15, 0.2) is 0 Å². The van der Waals surface area contributed by atoms with E-state index in [1.807, 2.05) is 6.92 Å². The maximum absolute atomic E-state index is 12.1. The maximum Gasteiger partial charge on any atom is 0.240 e. The van der Waals surface area contributed by atoms with Gasteiger partial charge in [-0.1, -0.05) is 31.0 Å². The molecule has 1 unspecified atom stereocenters. The second-order valence-corrected chi connectivity index (χ2v) is 6.68. The molecule has 2 N–H and O–H groups in total. The molecule has 0 saturated heterocycles. The Balaban J connectivity index is 2.69. The SMILES string of the molecule is CCCC(CCO)CNS(=O)(=O)c1cccc(Cl)c1. The lowest BCUT2D eigenvalue weighted by Gasteiger charge is -2.15. The Kier molecular flexibility index (Phi) is 6.79. The summed E-state index contributed by atoms with van der Waals surface area (Å²) in [5.74, 6) is 0.156. The van der Waals surface area contributed by atoms with Crippen LogP contribution in [0.2, 0.25) is 5.02 Å². The van der Waals surface area contributed by atoms with E-state index in [0.717, 1.165) is 12.8 Å². The van der Waals surface area contributed by atoms with Crippen LogP contribution in [0.15, 0.2) is 29.2 Å². The summed E-state index contributed by atoms with van der Waals surface area (Å²) in [6, 6.07) is 6.17. The molecule has 108 valence electrons. The molecule has 0 amide bonds. The molecular weight excluding hydrogens is 286 g/mol. The Morgan fingerprint density at radius 2 is 2.11 bits per heavy atom. The largest absolute Gasteiger partial charge is 0.396 e. The van der Waals surface area contributed by atoms with Gasteiger partial charge in [-0.15, -0.1) is 0 Å². The van der Waals surface area contributed by atoms with Gasteiger partial charge in [-0.05, 0) is 37.0 Å². The van der Waals surface area contributed by atoms with Crippen molar-refractivity contribution in [2.24, 2.45) is 5.92 Å². The highest BCUT2D eigenvalue weighted by Gasteiger charge is 2.16. The van der Waals surface area contributed by atoms with E-state index < -0.39 is 10.0 Å². The highest BCUT2D eigenvalue weighted by molar-refractivity contribution is 7.89. The summed E-state index contributed by atoms with van der Waals surface area (Å²) < 4.78 is 26.7. The molecule has 6 heteroatoms. The Morgan fingerprint density at radius 3 is 2.68 bits per heavy atom. The van der Waals surface area contributed by atoms with Crippen LogP contribution in [0.5, 0.6) is 0 Å². The first-order valence-corrected chi connectivity index (χ1v) is 8.21. The quantitative estimate of drug-likeness (QED) is 0.775. The Morgan fingerprint density at radius 1 is 1.37 bits per heavy atom. The minimum Gasteiger partial charge on any atom is -0.396 e. The van der Waals surface area contributed by atoms with E-state index in [-0.39, 0.29) is 17.4 Å². The molecule has 0 aliphatic carbocycles. The van der Waals surface area contributed by atoms with Gasteiger partial charge in [0.05, 0.1) is 4.90 Å². The number of halogens is 1. The fraction of sp³-hybridized carbons (Fsp3) is 0.538. The maximum atomic E-state index is 12.1. The summed E-state index contributed by atoms with van der Waals surface area (Å²) in [4.78, 5) is 0.166. The van der Waals surface area contributed by atoms with Crippen LogP contribution in [-0.2, 0) is 10.0 Å². The normalized spacial score (nSPS) is 13.4. The number of hydrogen-bond acceptors (Lipinski definition) is 3. The summed E-state index contributed by atoms with van der Waals surface area (Å²) in [7, 11) is -3.53. The molecule has 1 atom stereocenters.